The molecule has 0 aliphatic rings. The van der Waals surface area contributed by atoms with Crippen molar-refractivity contribution in [3.8, 4) is 11.4 Å². The smallest absolute Gasteiger partial charge is 0.234 e. The Bertz CT molecular complexity index is 977. The number of hydrogen-bond donors (Lipinski definition) is 1. The van der Waals surface area contributed by atoms with E-state index in [0.717, 1.165) is 22.0 Å². The molecule has 0 aliphatic carbocycles. The number of nitrogens with zero attached hydrogens (tertiary/aromatic N) is 4. The third-order valence-electron chi connectivity index (χ3n) is 3.68. The Morgan fingerprint density at radius 2 is 2.00 bits per heavy atom. The predicted molar refractivity (Wildman–Crippen MR) is 117 cm³/mol. The zero-order valence-corrected chi connectivity index (χ0v) is 17.6. The maximum atomic E-state index is 12.5. The summed E-state index contributed by atoms with van der Waals surface area (Å²) in [6.07, 6.45) is 1.83. The van der Waals surface area contributed by atoms with Crippen LogP contribution in [-0.2, 0) is 4.79 Å². The van der Waals surface area contributed by atoms with Gasteiger partial charge in [0.15, 0.2) is 0 Å². The molecular weight excluding hydrogens is 406 g/mol. The lowest BCUT2D eigenvalue weighted by Gasteiger charge is -2.11. The van der Waals surface area contributed by atoms with Gasteiger partial charge in [0.05, 0.1) is 18.0 Å². The second-order valence-corrected chi connectivity index (χ2v) is 7.71. The largest absolute Gasteiger partial charge is 0.492 e. The van der Waals surface area contributed by atoms with Crippen LogP contribution in [0.15, 0.2) is 71.2 Å². The number of carbonyl (C=O) groups excluding carboxylic acids is 1. The van der Waals surface area contributed by atoms with Gasteiger partial charge in [-0.3, -0.25) is 4.79 Å². The van der Waals surface area contributed by atoms with Crippen LogP contribution < -0.4 is 10.1 Å². The van der Waals surface area contributed by atoms with Gasteiger partial charge in [0.2, 0.25) is 11.1 Å². The lowest BCUT2D eigenvalue weighted by atomic mass is 10.3. The number of thioether (sulfide) groups is 2. The fourth-order valence-electron chi connectivity index (χ4n) is 2.49. The first-order valence-electron chi connectivity index (χ1n) is 8.99. The highest BCUT2D eigenvalue weighted by Gasteiger charge is 2.15. The van der Waals surface area contributed by atoms with Crippen molar-refractivity contribution in [2.45, 2.75) is 17.0 Å². The first kappa shape index (κ1) is 20.9. The minimum absolute atomic E-state index is 0.130. The molecule has 0 atom stereocenters. The first-order chi connectivity index (χ1) is 14.2. The van der Waals surface area contributed by atoms with Gasteiger partial charge in [0.25, 0.3) is 0 Å². The fraction of sp³-hybridized carbons (Fsp3) is 0.200. The molecule has 0 saturated carbocycles. The number of aromatic nitrogens is 4. The molecule has 0 unspecified atom stereocenters. The van der Waals surface area contributed by atoms with Gasteiger partial charge < -0.3 is 10.1 Å². The monoisotopic (exact) mass is 427 g/mol. The maximum Gasteiger partial charge on any atom is 0.234 e. The molecule has 0 aliphatic heterocycles. The summed E-state index contributed by atoms with van der Waals surface area (Å²) in [5, 5.41) is 15.3. The van der Waals surface area contributed by atoms with Gasteiger partial charge in [-0.1, -0.05) is 42.1 Å². The van der Waals surface area contributed by atoms with Crippen molar-refractivity contribution < 1.29 is 9.53 Å². The van der Waals surface area contributed by atoms with Crippen molar-refractivity contribution in [3.63, 3.8) is 0 Å². The summed E-state index contributed by atoms with van der Waals surface area (Å²) >= 11 is 2.88. The molecule has 150 valence electrons. The van der Waals surface area contributed by atoms with Crippen LogP contribution in [0.4, 0.5) is 5.69 Å². The number of para-hydroxylation sites is 3. The lowest BCUT2D eigenvalue weighted by molar-refractivity contribution is -0.113. The highest BCUT2D eigenvalue weighted by molar-refractivity contribution is 8.00. The van der Waals surface area contributed by atoms with Gasteiger partial charge in [-0.15, -0.1) is 23.4 Å². The Morgan fingerprint density at radius 1 is 1.21 bits per heavy atom. The van der Waals surface area contributed by atoms with E-state index in [1.165, 1.54) is 11.8 Å². The number of carbonyl (C=O) groups is 1. The summed E-state index contributed by atoms with van der Waals surface area (Å²) in [7, 11) is 0. The molecule has 1 heterocycles. The molecule has 29 heavy (non-hydrogen) atoms. The lowest BCUT2D eigenvalue weighted by Crippen LogP contribution is -2.15. The van der Waals surface area contributed by atoms with Crippen molar-refractivity contribution in [3.05, 3.63) is 61.2 Å². The Balaban J connectivity index is 1.67. The predicted octanol–water partition coefficient (Wildman–Crippen LogP) is 4.07. The summed E-state index contributed by atoms with van der Waals surface area (Å²) in [6.45, 7) is 6.19. The molecule has 0 radical (unpaired) electrons. The molecule has 0 saturated heterocycles. The highest BCUT2D eigenvalue weighted by Crippen LogP contribution is 2.28. The van der Waals surface area contributed by atoms with E-state index >= 15 is 0 Å². The Labute approximate surface area is 177 Å². The Morgan fingerprint density at radius 3 is 2.83 bits per heavy atom. The number of ether oxygens (including phenoxy) is 1. The minimum Gasteiger partial charge on any atom is -0.492 e. The number of tetrazole rings is 1. The van der Waals surface area contributed by atoms with Crippen LogP contribution in [0.3, 0.4) is 0 Å². The van der Waals surface area contributed by atoms with E-state index in [2.05, 4.69) is 27.4 Å². The third-order valence-corrected chi connectivity index (χ3v) is 5.67. The minimum atomic E-state index is -0.130. The average molecular weight is 428 g/mol. The molecule has 2 aromatic carbocycles. The summed E-state index contributed by atoms with van der Waals surface area (Å²) in [5.74, 6) is 1.50. The Kier molecular flexibility index (Phi) is 7.71. The van der Waals surface area contributed by atoms with Crippen molar-refractivity contribution in [2.75, 3.05) is 23.4 Å². The van der Waals surface area contributed by atoms with E-state index in [1.807, 2.05) is 61.5 Å². The molecule has 7 nitrogen and oxygen atoms in total. The summed E-state index contributed by atoms with van der Waals surface area (Å²) in [4.78, 5) is 13.5. The van der Waals surface area contributed by atoms with Gasteiger partial charge in [-0.2, -0.15) is 4.68 Å². The fourth-order valence-corrected chi connectivity index (χ4v) is 3.92. The maximum absolute atomic E-state index is 12.5. The SMILES string of the molecule is C=CCSc1ccccc1NC(=O)CSc1nnnn1-c1ccccc1OCC. The van der Waals surface area contributed by atoms with E-state index < -0.39 is 0 Å². The zero-order chi connectivity index (χ0) is 20.5. The molecular formula is C20H21N5O2S2. The molecule has 9 heteroatoms. The van der Waals surface area contributed by atoms with Crippen LogP contribution in [0.25, 0.3) is 5.69 Å². The number of amides is 1. The van der Waals surface area contributed by atoms with E-state index in [1.54, 1.807) is 16.4 Å². The molecule has 1 aromatic heterocycles. The van der Waals surface area contributed by atoms with Crippen LogP contribution in [0.5, 0.6) is 5.75 Å². The van der Waals surface area contributed by atoms with Gasteiger partial charge >= 0.3 is 0 Å². The summed E-state index contributed by atoms with van der Waals surface area (Å²) < 4.78 is 7.23. The van der Waals surface area contributed by atoms with Gasteiger partial charge in [0.1, 0.15) is 11.4 Å². The molecule has 0 fully saturated rings. The van der Waals surface area contributed by atoms with Crippen LogP contribution in [0.2, 0.25) is 0 Å². The number of rotatable bonds is 10. The third kappa shape index (κ3) is 5.61. The van der Waals surface area contributed by atoms with Crippen LogP contribution in [0.1, 0.15) is 6.92 Å². The Hall–Kier alpha value is -2.78. The van der Waals surface area contributed by atoms with E-state index in [9.17, 15) is 4.79 Å². The summed E-state index contributed by atoms with van der Waals surface area (Å²) in [6, 6.07) is 15.2. The summed E-state index contributed by atoms with van der Waals surface area (Å²) in [5.41, 5.74) is 1.51. The van der Waals surface area contributed by atoms with E-state index in [4.69, 9.17) is 4.74 Å². The van der Waals surface area contributed by atoms with Gasteiger partial charge in [0, 0.05) is 10.6 Å². The van der Waals surface area contributed by atoms with Crippen molar-refractivity contribution in [1.82, 2.24) is 20.2 Å². The topological polar surface area (TPSA) is 81.9 Å². The standard InChI is InChI=1S/C20H21N5O2S2/c1-3-13-28-18-12-8-5-9-15(18)21-19(26)14-29-20-22-23-24-25(20)16-10-6-7-11-17(16)27-4-2/h3,5-12H,1,4,13-14H2,2H3,(H,21,26). The van der Waals surface area contributed by atoms with Gasteiger partial charge in [-0.25, -0.2) is 0 Å². The van der Waals surface area contributed by atoms with Crippen molar-refractivity contribution in [1.29, 1.82) is 0 Å². The molecule has 1 amide bonds. The van der Waals surface area contributed by atoms with E-state index in [-0.39, 0.29) is 11.7 Å². The highest BCUT2D eigenvalue weighted by atomic mass is 32.2. The molecule has 3 aromatic rings. The molecule has 0 spiro atoms. The number of hydrogen-bond acceptors (Lipinski definition) is 7. The average Bonchev–Trinajstić information content (AvgIpc) is 3.21. The van der Waals surface area contributed by atoms with Gasteiger partial charge in [-0.05, 0) is 41.6 Å². The second-order valence-electron chi connectivity index (χ2n) is 5.71. The van der Waals surface area contributed by atoms with Crippen molar-refractivity contribution in [2.24, 2.45) is 0 Å². The normalized spacial score (nSPS) is 10.5. The number of nitrogens with one attached hydrogen (secondary N) is 1. The first-order valence-corrected chi connectivity index (χ1v) is 11.0. The molecule has 1 N–H and O–H groups in total. The van der Waals surface area contributed by atoms with Crippen LogP contribution >= 0.6 is 23.5 Å². The van der Waals surface area contributed by atoms with Crippen LogP contribution in [-0.4, -0.2) is 44.2 Å². The quantitative estimate of drug-likeness (QED) is 0.386. The number of anilines is 1. The van der Waals surface area contributed by atoms with Crippen molar-refractivity contribution >= 4 is 35.1 Å². The zero-order valence-electron chi connectivity index (χ0n) is 15.9. The molecule has 0 bridgehead atoms. The van der Waals surface area contributed by atoms with Crippen LogP contribution in [0, 0.1) is 0 Å². The molecule has 3 rings (SSSR count). The number of benzene rings is 2. The second kappa shape index (κ2) is 10.7. The van der Waals surface area contributed by atoms with E-state index in [0.29, 0.717) is 17.5 Å².